The molecule has 1 aromatic carbocycles. The molecule has 0 aliphatic rings. The smallest absolute Gasteiger partial charge is 0.138 e. The van der Waals surface area contributed by atoms with E-state index >= 15 is 0 Å². The summed E-state index contributed by atoms with van der Waals surface area (Å²) in [7, 11) is 1.58. The van der Waals surface area contributed by atoms with Crippen molar-refractivity contribution in [1.82, 2.24) is 0 Å². The summed E-state index contributed by atoms with van der Waals surface area (Å²) in [5, 5.41) is 1.24. The quantitative estimate of drug-likeness (QED) is 0.654. The summed E-state index contributed by atoms with van der Waals surface area (Å²) in [6.45, 7) is 6.42. The Balaban J connectivity index is 3.21. The lowest BCUT2D eigenvalue weighted by Gasteiger charge is -2.27. The van der Waals surface area contributed by atoms with Gasteiger partial charge in [-0.3, -0.25) is 0 Å². The van der Waals surface area contributed by atoms with Crippen LogP contribution in [0.2, 0.25) is 10.0 Å². The number of hydrogen-bond donors (Lipinski definition) is 0. The van der Waals surface area contributed by atoms with E-state index in [9.17, 15) is 0 Å². The van der Waals surface area contributed by atoms with Crippen LogP contribution in [-0.2, 0) is 0 Å². The second-order valence-corrected chi connectivity index (χ2v) is 6.47. The Morgan fingerprint density at radius 3 is 2.19 bits per heavy atom. The predicted molar refractivity (Wildman–Crippen MR) is 74.1 cm³/mol. The molecule has 4 heteroatoms. The van der Waals surface area contributed by atoms with E-state index < -0.39 is 0 Å². The molecule has 0 aliphatic heterocycles. The van der Waals surface area contributed by atoms with Gasteiger partial charge in [0, 0.05) is 15.9 Å². The first kappa shape index (κ1) is 14.1. The number of benzene rings is 1. The Bertz CT molecular complexity index is 385. The molecule has 16 heavy (non-hydrogen) atoms. The highest BCUT2D eigenvalue weighted by atomic mass is 79.9. The van der Waals surface area contributed by atoms with Crippen molar-refractivity contribution >= 4 is 39.1 Å². The Morgan fingerprint density at radius 2 is 1.75 bits per heavy atom. The van der Waals surface area contributed by atoms with Crippen molar-refractivity contribution in [3.8, 4) is 5.75 Å². The first-order chi connectivity index (χ1) is 7.27. The monoisotopic (exact) mass is 324 g/mol. The van der Waals surface area contributed by atoms with Gasteiger partial charge in [-0.15, -0.1) is 0 Å². The van der Waals surface area contributed by atoms with Crippen molar-refractivity contribution in [1.29, 1.82) is 0 Å². The lowest BCUT2D eigenvalue weighted by atomic mass is 9.88. The van der Waals surface area contributed by atoms with Gasteiger partial charge in [0.1, 0.15) is 5.75 Å². The number of ether oxygens (including phenoxy) is 1. The molecule has 0 aromatic heterocycles. The number of halogens is 3. The van der Waals surface area contributed by atoms with Crippen LogP contribution in [-0.4, -0.2) is 7.11 Å². The van der Waals surface area contributed by atoms with E-state index in [0.717, 1.165) is 5.56 Å². The van der Waals surface area contributed by atoms with Gasteiger partial charge < -0.3 is 4.74 Å². The molecule has 0 aliphatic carbocycles. The summed E-state index contributed by atoms with van der Waals surface area (Å²) in [6, 6.07) is 3.60. The fourth-order valence-electron chi connectivity index (χ4n) is 1.36. The Morgan fingerprint density at radius 1 is 1.19 bits per heavy atom. The van der Waals surface area contributed by atoms with Gasteiger partial charge >= 0.3 is 0 Å². The fraction of sp³-hybridized carbons (Fsp3) is 0.500. The van der Waals surface area contributed by atoms with Crippen LogP contribution in [0.3, 0.4) is 0 Å². The number of rotatable bonds is 2. The predicted octanol–water partition coefficient (Wildman–Crippen LogP) is 5.48. The minimum Gasteiger partial charge on any atom is -0.495 e. The first-order valence-electron chi connectivity index (χ1n) is 4.94. The third-order valence-corrected chi connectivity index (χ3v) is 4.79. The summed E-state index contributed by atoms with van der Waals surface area (Å²) in [5.74, 6) is 0.601. The Kier molecular flexibility index (Phi) is 4.56. The van der Waals surface area contributed by atoms with Crippen LogP contribution in [0.15, 0.2) is 12.1 Å². The van der Waals surface area contributed by atoms with E-state index in [1.807, 2.05) is 6.07 Å². The fourth-order valence-corrected chi connectivity index (χ4v) is 2.38. The third kappa shape index (κ3) is 3.06. The molecule has 1 atom stereocenters. The topological polar surface area (TPSA) is 9.23 Å². The van der Waals surface area contributed by atoms with Crippen LogP contribution in [0.1, 0.15) is 31.2 Å². The van der Waals surface area contributed by atoms with Gasteiger partial charge in [-0.25, -0.2) is 0 Å². The Labute approximate surface area is 115 Å². The maximum Gasteiger partial charge on any atom is 0.138 e. The zero-order chi connectivity index (χ0) is 12.5. The number of methoxy groups -OCH3 is 1. The van der Waals surface area contributed by atoms with E-state index in [1.54, 1.807) is 13.2 Å². The molecular weight excluding hydrogens is 311 g/mol. The molecule has 0 saturated heterocycles. The lowest BCUT2D eigenvalue weighted by molar-refractivity contribution is 0.404. The van der Waals surface area contributed by atoms with Crippen LogP contribution >= 0.6 is 39.1 Å². The van der Waals surface area contributed by atoms with E-state index in [0.29, 0.717) is 15.8 Å². The molecule has 0 heterocycles. The molecule has 0 spiro atoms. The van der Waals surface area contributed by atoms with Gasteiger partial charge in [0.2, 0.25) is 0 Å². The minimum absolute atomic E-state index is 0.0710. The van der Waals surface area contributed by atoms with Crippen LogP contribution < -0.4 is 4.74 Å². The molecule has 0 amide bonds. The highest BCUT2D eigenvalue weighted by molar-refractivity contribution is 9.09. The van der Waals surface area contributed by atoms with Gasteiger partial charge in [-0.1, -0.05) is 59.9 Å². The third-order valence-electron chi connectivity index (χ3n) is 2.30. The number of hydrogen-bond acceptors (Lipinski definition) is 1. The van der Waals surface area contributed by atoms with E-state index in [2.05, 4.69) is 36.7 Å². The molecule has 0 N–H and O–H groups in total. The standard InChI is InChI=1S/C12H15BrCl2O/c1-12(2,3)11(13)7-5-9(15)10(16-4)6-8(7)14/h5-6,11H,1-4H3. The summed E-state index contributed by atoms with van der Waals surface area (Å²) in [6.07, 6.45) is 0. The summed E-state index contributed by atoms with van der Waals surface area (Å²) >= 11 is 16.0. The van der Waals surface area contributed by atoms with Crippen LogP contribution in [0.5, 0.6) is 5.75 Å². The molecule has 0 radical (unpaired) electrons. The average Bonchev–Trinajstić information content (AvgIpc) is 2.18. The molecule has 1 rings (SSSR count). The highest BCUT2D eigenvalue weighted by Crippen LogP contribution is 2.45. The maximum absolute atomic E-state index is 6.21. The van der Waals surface area contributed by atoms with Crippen molar-refractivity contribution in [2.75, 3.05) is 7.11 Å². The van der Waals surface area contributed by atoms with E-state index in [1.165, 1.54) is 0 Å². The van der Waals surface area contributed by atoms with Crippen LogP contribution in [0.4, 0.5) is 0 Å². The largest absolute Gasteiger partial charge is 0.495 e. The Hall–Kier alpha value is 0.0800. The zero-order valence-electron chi connectivity index (χ0n) is 9.77. The second kappa shape index (κ2) is 5.16. The molecule has 0 saturated carbocycles. The van der Waals surface area contributed by atoms with Crippen LogP contribution in [0, 0.1) is 5.41 Å². The maximum atomic E-state index is 6.21. The SMILES string of the molecule is COc1cc(Cl)c(C(Br)C(C)(C)C)cc1Cl. The van der Waals surface area contributed by atoms with Crippen molar-refractivity contribution < 1.29 is 4.74 Å². The lowest BCUT2D eigenvalue weighted by Crippen LogP contribution is -2.13. The average molecular weight is 326 g/mol. The molecule has 90 valence electrons. The van der Waals surface area contributed by atoms with Crippen molar-refractivity contribution in [2.24, 2.45) is 5.41 Å². The van der Waals surface area contributed by atoms with Gasteiger partial charge in [0.15, 0.2) is 0 Å². The summed E-state index contributed by atoms with van der Waals surface area (Å²) < 4.78 is 5.11. The van der Waals surface area contributed by atoms with Gasteiger partial charge in [0.05, 0.1) is 12.1 Å². The molecule has 1 unspecified atom stereocenters. The summed E-state index contributed by atoms with van der Waals surface area (Å²) in [5.41, 5.74) is 1.06. The van der Waals surface area contributed by atoms with Gasteiger partial charge in [0.25, 0.3) is 0 Å². The van der Waals surface area contributed by atoms with Crippen molar-refractivity contribution in [2.45, 2.75) is 25.6 Å². The normalized spacial score (nSPS) is 13.7. The van der Waals surface area contributed by atoms with E-state index in [4.69, 9.17) is 27.9 Å². The highest BCUT2D eigenvalue weighted by Gasteiger charge is 2.26. The summed E-state index contributed by atoms with van der Waals surface area (Å²) in [4.78, 5) is 0.149. The second-order valence-electron chi connectivity index (χ2n) is 4.74. The molecule has 1 aromatic rings. The zero-order valence-corrected chi connectivity index (χ0v) is 12.9. The van der Waals surface area contributed by atoms with Gasteiger partial charge in [-0.2, -0.15) is 0 Å². The van der Waals surface area contributed by atoms with E-state index in [-0.39, 0.29) is 10.2 Å². The first-order valence-corrected chi connectivity index (χ1v) is 6.61. The molecule has 1 nitrogen and oxygen atoms in total. The minimum atomic E-state index is 0.0710. The van der Waals surface area contributed by atoms with Crippen molar-refractivity contribution in [3.05, 3.63) is 27.7 Å². The molecule has 0 bridgehead atoms. The van der Waals surface area contributed by atoms with Crippen LogP contribution in [0.25, 0.3) is 0 Å². The number of alkyl halides is 1. The van der Waals surface area contributed by atoms with Gasteiger partial charge in [-0.05, 0) is 17.0 Å². The van der Waals surface area contributed by atoms with Crippen molar-refractivity contribution in [3.63, 3.8) is 0 Å². The molecular formula is C12H15BrCl2O. The molecule has 0 fully saturated rings.